The van der Waals surface area contributed by atoms with Crippen molar-refractivity contribution in [2.75, 3.05) is 0 Å². The molecule has 2 heterocycles. The van der Waals surface area contributed by atoms with Crippen molar-refractivity contribution in [3.63, 3.8) is 0 Å². The normalized spacial score (nSPS) is 11.2. The standard InChI is InChI=1S/C20H16F2N4O/c1-26-10-11(8-13-14(21)5-3-6-15(13)22)9-17(26)20-24-16-7-2-4-12(19(23)27)18(16)25-20/h2-7,9-10H,8H2,1H3,(H2,23,27)(H,24,25). The van der Waals surface area contributed by atoms with Crippen LogP contribution in [-0.4, -0.2) is 20.4 Å². The predicted molar refractivity (Wildman–Crippen MR) is 98.2 cm³/mol. The van der Waals surface area contributed by atoms with Crippen LogP contribution in [0.25, 0.3) is 22.6 Å². The number of rotatable bonds is 4. The van der Waals surface area contributed by atoms with E-state index in [1.165, 1.54) is 18.2 Å². The maximum absolute atomic E-state index is 13.9. The highest BCUT2D eigenvalue weighted by atomic mass is 19.1. The molecule has 136 valence electrons. The maximum Gasteiger partial charge on any atom is 0.250 e. The largest absolute Gasteiger partial charge is 0.366 e. The fraction of sp³-hybridized carbons (Fsp3) is 0.100. The molecule has 3 N–H and O–H groups in total. The Kier molecular flexibility index (Phi) is 3.99. The number of hydrogen-bond acceptors (Lipinski definition) is 2. The van der Waals surface area contributed by atoms with E-state index in [2.05, 4.69) is 9.97 Å². The van der Waals surface area contributed by atoms with Gasteiger partial charge in [-0.3, -0.25) is 4.79 Å². The number of aromatic nitrogens is 3. The summed E-state index contributed by atoms with van der Waals surface area (Å²) in [7, 11) is 1.82. The number of imidazole rings is 1. The van der Waals surface area contributed by atoms with Gasteiger partial charge >= 0.3 is 0 Å². The minimum atomic E-state index is -0.574. The van der Waals surface area contributed by atoms with Gasteiger partial charge in [0.2, 0.25) is 0 Å². The number of aromatic amines is 1. The highest BCUT2D eigenvalue weighted by Crippen LogP contribution is 2.26. The van der Waals surface area contributed by atoms with E-state index in [1.54, 1.807) is 24.4 Å². The van der Waals surface area contributed by atoms with Crippen molar-refractivity contribution in [1.82, 2.24) is 14.5 Å². The minimum Gasteiger partial charge on any atom is -0.366 e. The maximum atomic E-state index is 13.9. The second kappa shape index (κ2) is 6.35. The quantitative estimate of drug-likeness (QED) is 0.580. The van der Waals surface area contributed by atoms with Crippen LogP contribution in [-0.2, 0) is 13.5 Å². The van der Waals surface area contributed by atoms with Gasteiger partial charge in [-0.1, -0.05) is 12.1 Å². The van der Waals surface area contributed by atoms with Gasteiger partial charge in [0.15, 0.2) is 5.82 Å². The lowest BCUT2D eigenvalue weighted by Gasteiger charge is -2.02. The summed E-state index contributed by atoms with van der Waals surface area (Å²) in [4.78, 5) is 19.2. The van der Waals surface area contributed by atoms with Crippen LogP contribution >= 0.6 is 0 Å². The third kappa shape index (κ3) is 2.97. The Morgan fingerprint density at radius 2 is 1.89 bits per heavy atom. The van der Waals surface area contributed by atoms with Crippen LogP contribution in [0.5, 0.6) is 0 Å². The molecule has 0 aliphatic carbocycles. The van der Waals surface area contributed by atoms with Crippen molar-refractivity contribution in [2.45, 2.75) is 6.42 Å². The second-order valence-electron chi connectivity index (χ2n) is 6.37. The Morgan fingerprint density at radius 1 is 1.19 bits per heavy atom. The first-order chi connectivity index (χ1) is 12.9. The van der Waals surface area contributed by atoms with Crippen LogP contribution < -0.4 is 5.73 Å². The van der Waals surface area contributed by atoms with Gasteiger partial charge in [-0.2, -0.15) is 0 Å². The molecule has 0 aliphatic heterocycles. The lowest BCUT2D eigenvalue weighted by atomic mass is 10.1. The minimum absolute atomic E-state index is 0.0234. The number of primary amides is 1. The molecule has 27 heavy (non-hydrogen) atoms. The zero-order valence-corrected chi connectivity index (χ0v) is 14.5. The van der Waals surface area contributed by atoms with Gasteiger partial charge < -0.3 is 15.3 Å². The van der Waals surface area contributed by atoms with E-state index in [4.69, 9.17) is 5.73 Å². The Morgan fingerprint density at radius 3 is 2.59 bits per heavy atom. The van der Waals surface area contributed by atoms with Gasteiger partial charge in [0, 0.05) is 25.2 Å². The molecule has 1 amide bonds. The lowest BCUT2D eigenvalue weighted by molar-refractivity contribution is 0.100. The third-order valence-electron chi connectivity index (χ3n) is 4.52. The third-order valence-corrected chi connectivity index (χ3v) is 4.52. The van der Waals surface area contributed by atoms with Crippen molar-refractivity contribution >= 4 is 16.9 Å². The van der Waals surface area contributed by atoms with Crippen LogP contribution in [0.1, 0.15) is 21.5 Å². The van der Waals surface area contributed by atoms with E-state index in [0.717, 1.165) is 11.3 Å². The number of carbonyl (C=O) groups excluding carboxylic acids is 1. The average molecular weight is 366 g/mol. The highest BCUT2D eigenvalue weighted by molar-refractivity contribution is 6.04. The van der Waals surface area contributed by atoms with Crippen LogP contribution in [0.4, 0.5) is 8.78 Å². The first-order valence-corrected chi connectivity index (χ1v) is 8.31. The van der Waals surface area contributed by atoms with Crippen molar-refractivity contribution < 1.29 is 13.6 Å². The Balaban J connectivity index is 1.75. The molecule has 0 spiro atoms. The highest BCUT2D eigenvalue weighted by Gasteiger charge is 2.16. The number of H-pyrrole nitrogens is 1. The summed E-state index contributed by atoms with van der Waals surface area (Å²) in [6.45, 7) is 0. The SMILES string of the molecule is Cn1cc(Cc2c(F)cccc2F)cc1-c1nc2c(C(N)=O)cccc2[nH]1. The molecule has 0 unspecified atom stereocenters. The summed E-state index contributed by atoms with van der Waals surface area (Å²) in [6, 6.07) is 10.8. The number of carbonyl (C=O) groups is 1. The summed E-state index contributed by atoms with van der Waals surface area (Å²) in [6.07, 6.45) is 1.92. The van der Waals surface area contributed by atoms with Crippen molar-refractivity contribution in [1.29, 1.82) is 0 Å². The summed E-state index contributed by atoms with van der Waals surface area (Å²) in [5, 5.41) is 0. The van der Waals surface area contributed by atoms with Crippen molar-refractivity contribution in [3.05, 3.63) is 77.0 Å². The number of hydrogen-bond donors (Lipinski definition) is 2. The van der Waals surface area contributed by atoms with Crippen LogP contribution in [0, 0.1) is 11.6 Å². The van der Waals surface area contributed by atoms with Gasteiger partial charge in [-0.25, -0.2) is 13.8 Å². The summed E-state index contributed by atoms with van der Waals surface area (Å²) in [5.74, 6) is -1.16. The van der Waals surface area contributed by atoms with E-state index in [1.807, 2.05) is 17.7 Å². The smallest absolute Gasteiger partial charge is 0.250 e. The molecular formula is C20H16F2N4O. The number of benzene rings is 2. The number of nitrogens with zero attached hydrogens (tertiary/aromatic N) is 2. The molecule has 0 saturated carbocycles. The van der Waals surface area contributed by atoms with E-state index >= 15 is 0 Å². The average Bonchev–Trinajstić information content (AvgIpc) is 3.20. The molecule has 0 saturated heterocycles. The summed E-state index contributed by atoms with van der Waals surface area (Å²) < 4.78 is 29.6. The zero-order valence-electron chi connectivity index (χ0n) is 14.5. The number of fused-ring (bicyclic) bond motifs is 1. The molecule has 7 heteroatoms. The molecule has 0 bridgehead atoms. The molecule has 0 aliphatic rings. The zero-order chi connectivity index (χ0) is 19.1. The molecule has 0 atom stereocenters. The first kappa shape index (κ1) is 17.0. The summed E-state index contributed by atoms with van der Waals surface area (Å²) in [5.41, 5.74) is 8.41. The summed E-state index contributed by atoms with van der Waals surface area (Å²) >= 11 is 0. The molecule has 2 aromatic heterocycles. The lowest BCUT2D eigenvalue weighted by Crippen LogP contribution is -2.11. The Hall–Kier alpha value is -3.48. The molecule has 4 aromatic rings. The molecule has 0 radical (unpaired) electrons. The number of nitrogens with one attached hydrogen (secondary N) is 1. The van der Waals surface area contributed by atoms with E-state index in [9.17, 15) is 13.6 Å². The van der Waals surface area contributed by atoms with Gasteiger partial charge in [-0.05, 0) is 35.9 Å². The van der Waals surface area contributed by atoms with Gasteiger partial charge in [0.25, 0.3) is 5.91 Å². The number of amides is 1. The predicted octanol–water partition coefficient (Wildman–Crippen LogP) is 3.54. The van der Waals surface area contributed by atoms with E-state index in [0.29, 0.717) is 22.4 Å². The second-order valence-corrected chi connectivity index (χ2v) is 6.37. The van der Waals surface area contributed by atoms with Crippen LogP contribution in [0.15, 0.2) is 48.7 Å². The molecular weight excluding hydrogens is 350 g/mol. The van der Waals surface area contributed by atoms with Gasteiger partial charge in [-0.15, -0.1) is 0 Å². The van der Waals surface area contributed by atoms with E-state index < -0.39 is 17.5 Å². The first-order valence-electron chi connectivity index (χ1n) is 8.31. The van der Waals surface area contributed by atoms with Gasteiger partial charge in [0.05, 0.1) is 16.8 Å². The Labute approximate surface area is 153 Å². The number of nitrogens with two attached hydrogens (primary N) is 1. The molecule has 2 aromatic carbocycles. The molecule has 0 fully saturated rings. The molecule has 5 nitrogen and oxygen atoms in total. The van der Waals surface area contributed by atoms with Gasteiger partial charge in [0.1, 0.15) is 17.2 Å². The fourth-order valence-electron chi connectivity index (χ4n) is 3.22. The fourth-order valence-corrected chi connectivity index (χ4v) is 3.22. The van der Waals surface area contributed by atoms with Crippen LogP contribution in [0.3, 0.4) is 0 Å². The monoisotopic (exact) mass is 366 g/mol. The topological polar surface area (TPSA) is 76.7 Å². The number of halogens is 2. The van der Waals surface area contributed by atoms with Crippen molar-refractivity contribution in [2.24, 2.45) is 12.8 Å². The number of para-hydroxylation sites is 1. The molecule has 4 rings (SSSR count). The number of aryl methyl sites for hydroxylation is 1. The van der Waals surface area contributed by atoms with Crippen LogP contribution in [0.2, 0.25) is 0 Å². The Bertz CT molecular complexity index is 1160. The van der Waals surface area contributed by atoms with E-state index in [-0.39, 0.29) is 12.0 Å². The van der Waals surface area contributed by atoms with Crippen molar-refractivity contribution in [3.8, 4) is 11.5 Å².